The van der Waals surface area contributed by atoms with Gasteiger partial charge in [-0.05, 0) is 48.2 Å². The molecule has 0 aromatic heterocycles. The van der Waals surface area contributed by atoms with Crippen LogP contribution in [0.2, 0.25) is 5.02 Å². The highest BCUT2D eigenvalue weighted by Gasteiger charge is 2.43. The van der Waals surface area contributed by atoms with Crippen LogP contribution in [0.4, 0.5) is 0 Å². The molecule has 0 atom stereocenters. The van der Waals surface area contributed by atoms with Crippen molar-refractivity contribution in [3.05, 3.63) is 70.2 Å². The third-order valence-electron chi connectivity index (χ3n) is 4.28. The van der Waals surface area contributed by atoms with Gasteiger partial charge in [-0.1, -0.05) is 35.9 Å². The molecule has 0 spiro atoms. The first-order valence-corrected chi connectivity index (χ1v) is 7.76. The Labute approximate surface area is 134 Å². The average molecular weight is 316 g/mol. The van der Waals surface area contributed by atoms with E-state index in [0.29, 0.717) is 5.56 Å². The molecule has 3 nitrogen and oxygen atoms in total. The van der Waals surface area contributed by atoms with Gasteiger partial charge in [0, 0.05) is 23.5 Å². The summed E-state index contributed by atoms with van der Waals surface area (Å²) in [7, 11) is 0. The predicted molar refractivity (Wildman–Crippen MR) is 87.5 cm³/mol. The molecule has 3 rings (SSSR count). The van der Waals surface area contributed by atoms with Gasteiger partial charge in [-0.25, -0.2) is 4.79 Å². The van der Waals surface area contributed by atoms with E-state index in [9.17, 15) is 4.79 Å². The summed E-state index contributed by atoms with van der Waals surface area (Å²) in [5.74, 6) is -0.891. The Hall–Kier alpha value is -1.84. The zero-order valence-corrected chi connectivity index (χ0v) is 12.9. The first kappa shape index (κ1) is 15.1. The monoisotopic (exact) mass is 315 g/mol. The van der Waals surface area contributed by atoms with Crippen molar-refractivity contribution >= 4 is 17.6 Å². The standard InChI is InChI=1S/C18H18ClNO2/c19-16-3-1-2-15(10-16)18(8-9-18)12-20-11-13-4-6-14(7-5-13)17(21)22/h1-7,10,20H,8-9,11-12H2,(H,21,22). The molecule has 0 unspecified atom stereocenters. The van der Waals surface area contributed by atoms with Crippen molar-refractivity contribution < 1.29 is 9.90 Å². The summed E-state index contributed by atoms with van der Waals surface area (Å²) in [6.07, 6.45) is 2.36. The number of carboxylic acids is 1. The van der Waals surface area contributed by atoms with Crippen molar-refractivity contribution in [2.24, 2.45) is 0 Å². The lowest BCUT2D eigenvalue weighted by molar-refractivity contribution is 0.0697. The lowest BCUT2D eigenvalue weighted by atomic mass is 9.96. The second-order valence-corrected chi connectivity index (χ2v) is 6.33. The topological polar surface area (TPSA) is 49.3 Å². The van der Waals surface area contributed by atoms with Crippen molar-refractivity contribution in [3.8, 4) is 0 Å². The van der Waals surface area contributed by atoms with Crippen LogP contribution < -0.4 is 5.32 Å². The Balaban J connectivity index is 1.58. The molecule has 0 heterocycles. The molecule has 0 amide bonds. The number of hydrogen-bond acceptors (Lipinski definition) is 2. The molecule has 0 bridgehead atoms. The van der Waals surface area contributed by atoms with E-state index in [1.165, 1.54) is 18.4 Å². The van der Waals surface area contributed by atoms with Crippen LogP contribution in [0, 0.1) is 0 Å². The molecule has 0 radical (unpaired) electrons. The molecule has 114 valence electrons. The normalized spacial score (nSPS) is 15.5. The van der Waals surface area contributed by atoms with Gasteiger partial charge >= 0.3 is 5.97 Å². The molecule has 1 saturated carbocycles. The molecule has 1 fully saturated rings. The Morgan fingerprint density at radius 1 is 1.18 bits per heavy atom. The van der Waals surface area contributed by atoms with Crippen LogP contribution in [-0.2, 0) is 12.0 Å². The molecule has 0 saturated heterocycles. The Bertz CT molecular complexity index is 678. The highest BCUT2D eigenvalue weighted by molar-refractivity contribution is 6.30. The highest BCUT2D eigenvalue weighted by atomic mass is 35.5. The Morgan fingerprint density at radius 2 is 1.91 bits per heavy atom. The van der Waals surface area contributed by atoms with Gasteiger partial charge in [-0.3, -0.25) is 0 Å². The maximum Gasteiger partial charge on any atom is 0.335 e. The van der Waals surface area contributed by atoms with E-state index < -0.39 is 5.97 Å². The summed E-state index contributed by atoms with van der Waals surface area (Å²) in [6, 6.07) is 15.1. The minimum atomic E-state index is -0.891. The van der Waals surface area contributed by atoms with Crippen LogP contribution in [0.3, 0.4) is 0 Å². The average Bonchev–Trinajstić information content (AvgIpc) is 3.29. The summed E-state index contributed by atoms with van der Waals surface area (Å²) in [5, 5.41) is 13.2. The van der Waals surface area contributed by atoms with Gasteiger partial charge in [0.05, 0.1) is 5.56 Å². The van der Waals surface area contributed by atoms with Crippen LogP contribution in [0.15, 0.2) is 48.5 Å². The minimum absolute atomic E-state index is 0.214. The van der Waals surface area contributed by atoms with Gasteiger partial charge in [-0.15, -0.1) is 0 Å². The van der Waals surface area contributed by atoms with E-state index in [1.807, 2.05) is 24.3 Å². The van der Waals surface area contributed by atoms with E-state index in [1.54, 1.807) is 12.1 Å². The summed E-state index contributed by atoms with van der Waals surface area (Å²) in [5.41, 5.74) is 2.92. The largest absolute Gasteiger partial charge is 0.478 e. The molecule has 0 aliphatic heterocycles. The molecule has 1 aliphatic rings. The van der Waals surface area contributed by atoms with Crippen molar-refractivity contribution in [2.75, 3.05) is 6.54 Å². The van der Waals surface area contributed by atoms with Crippen molar-refractivity contribution in [1.82, 2.24) is 5.32 Å². The predicted octanol–water partition coefficient (Wildman–Crippen LogP) is 3.86. The number of benzene rings is 2. The van der Waals surface area contributed by atoms with E-state index in [0.717, 1.165) is 23.7 Å². The summed E-state index contributed by atoms with van der Waals surface area (Å²) in [4.78, 5) is 10.8. The number of rotatable bonds is 6. The third-order valence-corrected chi connectivity index (χ3v) is 4.52. The smallest absolute Gasteiger partial charge is 0.335 e. The molecule has 22 heavy (non-hydrogen) atoms. The number of hydrogen-bond donors (Lipinski definition) is 2. The minimum Gasteiger partial charge on any atom is -0.478 e. The van der Waals surface area contributed by atoms with Crippen molar-refractivity contribution in [1.29, 1.82) is 0 Å². The molecule has 2 N–H and O–H groups in total. The van der Waals surface area contributed by atoms with Gasteiger partial charge in [-0.2, -0.15) is 0 Å². The maximum absolute atomic E-state index is 10.8. The number of aromatic carboxylic acids is 1. The van der Waals surface area contributed by atoms with Crippen LogP contribution >= 0.6 is 11.6 Å². The lowest BCUT2D eigenvalue weighted by Gasteiger charge is -2.17. The van der Waals surface area contributed by atoms with E-state index in [4.69, 9.17) is 16.7 Å². The van der Waals surface area contributed by atoms with Crippen molar-refractivity contribution in [3.63, 3.8) is 0 Å². The maximum atomic E-state index is 10.8. The third kappa shape index (κ3) is 3.32. The molecule has 1 aliphatic carbocycles. The zero-order valence-electron chi connectivity index (χ0n) is 12.2. The number of nitrogens with one attached hydrogen (secondary N) is 1. The molecular weight excluding hydrogens is 298 g/mol. The Morgan fingerprint density at radius 3 is 2.50 bits per heavy atom. The fourth-order valence-corrected chi connectivity index (χ4v) is 2.94. The van der Waals surface area contributed by atoms with Crippen LogP contribution in [-0.4, -0.2) is 17.6 Å². The molecule has 4 heteroatoms. The second kappa shape index (κ2) is 6.11. The van der Waals surface area contributed by atoms with Gasteiger partial charge in [0.1, 0.15) is 0 Å². The van der Waals surface area contributed by atoms with E-state index >= 15 is 0 Å². The molecular formula is C18H18ClNO2. The lowest BCUT2D eigenvalue weighted by Crippen LogP contribution is -2.26. The number of halogens is 1. The Kier molecular flexibility index (Phi) is 4.19. The van der Waals surface area contributed by atoms with Gasteiger partial charge in [0.25, 0.3) is 0 Å². The SMILES string of the molecule is O=C(O)c1ccc(CNCC2(c3cccc(Cl)c3)CC2)cc1. The highest BCUT2D eigenvalue weighted by Crippen LogP contribution is 2.48. The first-order valence-electron chi connectivity index (χ1n) is 7.38. The van der Waals surface area contributed by atoms with Gasteiger partial charge in [0.2, 0.25) is 0 Å². The van der Waals surface area contributed by atoms with E-state index in [2.05, 4.69) is 17.4 Å². The second-order valence-electron chi connectivity index (χ2n) is 5.90. The molecule has 2 aromatic carbocycles. The fourth-order valence-electron chi connectivity index (χ4n) is 2.75. The quantitative estimate of drug-likeness (QED) is 0.851. The number of carboxylic acid groups (broad SMARTS) is 1. The van der Waals surface area contributed by atoms with Crippen LogP contribution in [0.5, 0.6) is 0 Å². The first-order chi connectivity index (χ1) is 10.6. The van der Waals surface area contributed by atoms with Crippen LogP contribution in [0.25, 0.3) is 0 Å². The van der Waals surface area contributed by atoms with Crippen LogP contribution in [0.1, 0.15) is 34.3 Å². The number of carbonyl (C=O) groups is 1. The zero-order chi connectivity index (χ0) is 15.6. The van der Waals surface area contributed by atoms with Gasteiger partial charge in [0.15, 0.2) is 0 Å². The van der Waals surface area contributed by atoms with Crippen molar-refractivity contribution in [2.45, 2.75) is 24.8 Å². The summed E-state index contributed by atoms with van der Waals surface area (Å²) >= 11 is 6.08. The fraction of sp³-hybridized carbons (Fsp3) is 0.278. The van der Waals surface area contributed by atoms with E-state index in [-0.39, 0.29) is 5.41 Å². The summed E-state index contributed by atoms with van der Waals surface area (Å²) in [6.45, 7) is 1.65. The molecule has 2 aromatic rings. The van der Waals surface area contributed by atoms with Gasteiger partial charge < -0.3 is 10.4 Å². The summed E-state index contributed by atoms with van der Waals surface area (Å²) < 4.78 is 0.